The van der Waals surface area contributed by atoms with Crippen molar-refractivity contribution in [1.29, 1.82) is 0 Å². The lowest BCUT2D eigenvalue weighted by molar-refractivity contribution is 0.102. The van der Waals surface area contributed by atoms with Crippen LogP contribution in [0, 0.1) is 0 Å². The zero-order chi connectivity index (χ0) is 18.2. The summed E-state index contributed by atoms with van der Waals surface area (Å²) in [6.45, 7) is 0. The van der Waals surface area contributed by atoms with Gasteiger partial charge in [-0.15, -0.1) is 0 Å². The average molecular weight is 357 g/mol. The molecule has 1 amide bonds. The number of carbonyl (C=O) groups excluding carboxylic acids is 1. The van der Waals surface area contributed by atoms with Gasteiger partial charge in [-0.2, -0.15) is 5.10 Å². The van der Waals surface area contributed by atoms with Gasteiger partial charge in [-0.05, 0) is 61.4 Å². The van der Waals surface area contributed by atoms with E-state index in [0.29, 0.717) is 11.5 Å². The number of hydrogen-bond donors (Lipinski definition) is 2. The first kappa shape index (κ1) is 15.8. The summed E-state index contributed by atoms with van der Waals surface area (Å²) in [5, 5.41) is 7.15. The molecule has 0 aliphatic heterocycles. The Bertz CT molecular complexity index is 1090. The zero-order valence-electron chi connectivity index (χ0n) is 14.7. The molecule has 2 heterocycles. The van der Waals surface area contributed by atoms with E-state index in [4.69, 9.17) is 0 Å². The molecule has 4 aromatic rings. The first-order chi connectivity index (χ1) is 13.3. The van der Waals surface area contributed by atoms with E-state index in [1.165, 1.54) is 19.3 Å². The second-order valence-electron chi connectivity index (χ2n) is 6.93. The van der Waals surface area contributed by atoms with Crippen molar-refractivity contribution in [3.05, 3.63) is 72.3 Å². The molecule has 0 radical (unpaired) electrons. The van der Waals surface area contributed by atoms with Crippen LogP contribution >= 0.6 is 0 Å². The highest BCUT2D eigenvalue weighted by Crippen LogP contribution is 2.35. The highest BCUT2D eigenvalue weighted by atomic mass is 16.1. The number of aromatic nitrogens is 4. The minimum absolute atomic E-state index is 0.139. The SMILES string of the molecule is O=C(Nc1ccc2nc(C3CCC3)[nH]c2c1)c1ccc(-n2cccn2)cc1. The summed E-state index contributed by atoms with van der Waals surface area (Å²) in [7, 11) is 0. The summed E-state index contributed by atoms with van der Waals surface area (Å²) in [6.07, 6.45) is 7.28. The van der Waals surface area contributed by atoms with Gasteiger partial charge in [-0.1, -0.05) is 6.42 Å². The summed E-state index contributed by atoms with van der Waals surface area (Å²) >= 11 is 0. The normalized spacial score (nSPS) is 14.2. The number of rotatable bonds is 4. The van der Waals surface area contributed by atoms with Gasteiger partial charge in [0.15, 0.2) is 0 Å². The standard InChI is InChI=1S/C21H19N5O/c27-21(15-5-8-17(9-6-15)26-12-2-11-22-26)23-16-7-10-18-19(13-16)25-20(24-18)14-3-1-4-14/h2,5-14H,1,3-4H2,(H,23,27)(H,24,25). The first-order valence-corrected chi connectivity index (χ1v) is 9.17. The molecule has 0 spiro atoms. The van der Waals surface area contributed by atoms with Crippen LogP contribution in [0.1, 0.15) is 41.4 Å². The molecule has 0 atom stereocenters. The molecule has 0 bridgehead atoms. The topological polar surface area (TPSA) is 75.6 Å². The number of carbonyl (C=O) groups is 1. The Morgan fingerprint density at radius 3 is 2.70 bits per heavy atom. The molecule has 0 unspecified atom stereocenters. The van der Waals surface area contributed by atoms with E-state index in [0.717, 1.165) is 28.2 Å². The predicted octanol–water partition coefficient (Wildman–Crippen LogP) is 4.27. The smallest absolute Gasteiger partial charge is 0.255 e. The number of nitrogens with one attached hydrogen (secondary N) is 2. The van der Waals surface area contributed by atoms with E-state index < -0.39 is 0 Å². The molecule has 0 saturated heterocycles. The van der Waals surface area contributed by atoms with Crippen LogP contribution in [-0.2, 0) is 0 Å². The van der Waals surface area contributed by atoms with E-state index in [1.807, 2.05) is 42.6 Å². The number of aromatic amines is 1. The van der Waals surface area contributed by atoms with Crippen LogP contribution in [-0.4, -0.2) is 25.7 Å². The molecule has 27 heavy (non-hydrogen) atoms. The Morgan fingerprint density at radius 1 is 1.15 bits per heavy atom. The van der Waals surface area contributed by atoms with Gasteiger partial charge in [0.25, 0.3) is 5.91 Å². The van der Waals surface area contributed by atoms with E-state index in [1.54, 1.807) is 23.0 Å². The van der Waals surface area contributed by atoms with Crippen molar-refractivity contribution in [1.82, 2.24) is 19.7 Å². The van der Waals surface area contributed by atoms with E-state index in [-0.39, 0.29) is 5.91 Å². The summed E-state index contributed by atoms with van der Waals surface area (Å²) in [6, 6.07) is 15.0. The monoisotopic (exact) mass is 357 g/mol. The van der Waals surface area contributed by atoms with Gasteiger partial charge in [0.1, 0.15) is 5.82 Å². The fourth-order valence-corrected chi connectivity index (χ4v) is 3.37. The van der Waals surface area contributed by atoms with Crippen molar-refractivity contribution in [2.24, 2.45) is 0 Å². The molecule has 1 aliphatic rings. The zero-order valence-corrected chi connectivity index (χ0v) is 14.7. The Labute approximate surface area is 156 Å². The Balaban J connectivity index is 1.34. The summed E-state index contributed by atoms with van der Waals surface area (Å²) in [5.74, 6) is 1.48. The van der Waals surface area contributed by atoms with Crippen LogP contribution in [0.15, 0.2) is 60.9 Å². The maximum absolute atomic E-state index is 12.6. The summed E-state index contributed by atoms with van der Waals surface area (Å²) in [4.78, 5) is 20.6. The number of amides is 1. The predicted molar refractivity (Wildman–Crippen MR) is 104 cm³/mol. The van der Waals surface area contributed by atoms with E-state index >= 15 is 0 Å². The van der Waals surface area contributed by atoms with Crippen LogP contribution in [0.5, 0.6) is 0 Å². The van der Waals surface area contributed by atoms with Crippen LogP contribution in [0.4, 0.5) is 5.69 Å². The summed E-state index contributed by atoms with van der Waals surface area (Å²) < 4.78 is 1.76. The van der Waals surface area contributed by atoms with Gasteiger partial charge in [0.2, 0.25) is 0 Å². The molecule has 2 aromatic heterocycles. The fourth-order valence-electron chi connectivity index (χ4n) is 3.37. The lowest BCUT2D eigenvalue weighted by Gasteiger charge is -2.22. The van der Waals surface area contributed by atoms with Crippen molar-refractivity contribution in [2.75, 3.05) is 5.32 Å². The maximum atomic E-state index is 12.6. The van der Waals surface area contributed by atoms with E-state index in [9.17, 15) is 4.79 Å². The number of imidazole rings is 1. The number of nitrogens with zero attached hydrogens (tertiary/aromatic N) is 3. The second kappa shape index (κ2) is 6.39. The lowest BCUT2D eigenvalue weighted by Crippen LogP contribution is -2.11. The average Bonchev–Trinajstić information content (AvgIpc) is 3.29. The van der Waals surface area contributed by atoms with Gasteiger partial charge in [0.05, 0.1) is 16.7 Å². The van der Waals surface area contributed by atoms with Crippen molar-refractivity contribution in [3.8, 4) is 5.69 Å². The van der Waals surface area contributed by atoms with Crippen LogP contribution in [0.25, 0.3) is 16.7 Å². The molecule has 134 valence electrons. The van der Waals surface area contributed by atoms with Crippen LogP contribution in [0.2, 0.25) is 0 Å². The molecule has 1 fully saturated rings. The second-order valence-corrected chi connectivity index (χ2v) is 6.93. The highest BCUT2D eigenvalue weighted by Gasteiger charge is 2.22. The quantitative estimate of drug-likeness (QED) is 0.573. The van der Waals surface area contributed by atoms with Gasteiger partial charge in [0, 0.05) is 29.6 Å². The van der Waals surface area contributed by atoms with Crippen LogP contribution < -0.4 is 5.32 Å². The Hall–Kier alpha value is -3.41. The maximum Gasteiger partial charge on any atom is 0.255 e. The molecule has 6 nitrogen and oxygen atoms in total. The third-order valence-corrected chi connectivity index (χ3v) is 5.15. The van der Waals surface area contributed by atoms with Gasteiger partial charge >= 0.3 is 0 Å². The summed E-state index contributed by atoms with van der Waals surface area (Å²) in [5.41, 5.74) is 4.18. The molecule has 1 aliphatic carbocycles. The Kier molecular flexibility index (Phi) is 3.74. The Morgan fingerprint density at radius 2 is 2.00 bits per heavy atom. The van der Waals surface area contributed by atoms with Gasteiger partial charge in [-0.3, -0.25) is 4.79 Å². The van der Waals surface area contributed by atoms with Gasteiger partial charge < -0.3 is 10.3 Å². The minimum atomic E-state index is -0.139. The number of fused-ring (bicyclic) bond motifs is 1. The number of hydrogen-bond acceptors (Lipinski definition) is 3. The van der Waals surface area contributed by atoms with Crippen molar-refractivity contribution in [3.63, 3.8) is 0 Å². The highest BCUT2D eigenvalue weighted by molar-refractivity contribution is 6.05. The lowest BCUT2D eigenvalue weighted by atomic mass is 9.85. The number of H-pyrrole nitrogens is 1. The van der Waals surface area contributed by atoms with Crippen molar-refractivity contribution >= 4 is 22.6 Å². The van der Waals surface area contributed by atoms with Crippen molar-refractivity contribution in [2.45, 2.75) is 25.2 Å². The largest absolute Gasteiger partial charge is 0.342 e. The molecular weight excluding hydrogens is 338 g/mol. The van der Waals surface area contributed by atoms with E-state index in [2.05, 4.69) is 20.4 Å². The fraction of sp³-hybridized carbons (Fsp3) is 0.190. The molecule has 2 N–H and O–H groups in total. The van der Waals surface area contributed by atoms with Crippen LogP contribution in [0.3, 0.4) is 0 Å². The number of anilines is 1. The molecule has 1 saturated carbocycles. The van der Waals surface area contributed by atoms with Gasteiger partial charge in [-0.25, -0.2) is 9.67 Å². The third-order valence-electron chi connectivity index (χ3n) is 5.15. The third kappa shape index (κ3) is 2.99. The minimum Gasteiger partial charge on any atom is -0.342 e. The van der Waals surface area contributed by atoms with Crippen molar-refractivity contribution < 1.29 is 4.79 Å². The molecule has 2 aromatic carbocycles. The molecule has 6 heteroatoms. The molecular formula is C21H19N5O. The molecule has 5 rings (SSSR count). The number of benzene rings is 2. The first-order valence-electron chi connectivity index (χ1n) is 9.17.